The van der Waals surface area contributed by atoms with Gasteiger partial charge in [0.25, 0.3) is 0 Å². The van der Waals surface area contributed by atoms with E-state index in [9.17, 15) is 0 Å². The molecule has 0 bridgehead atoms. The van der Waals surface area contributed by atoms with Crippen LogP contribution in [0, 0.1) is 13.8 Å². The molecule has 2 aromatic rings. The van der Waals surface area contributed by atoms with Crippen molar-refractivity contribution < 1.29 is 0 Å². The SMILES string of the molecule is Cc1nn(C)c(C)c1NC(=S)Nc1cccc(Cl)c1Cl. The molecule has 0 aliphatic carbocycles. The number of benzene rings is 1. The molecule has 1 aromatic carbocycles. The highest BCUT2D eigenvalue weighted by Crippen LogP contribution is 2.29. The van der Waals surface area contributed by atoms with Crippen LogP contribution in [-0.2, 0) is 7.05 Å². The third-order valence-electron chi connectivity index (χ3n) is 2.95. The summed E-state index contributed by atoms with van der Waals surface area (Å²) in [4.78, 5) is 0. The maximum atomic E-state index is 6.11. The fraction of sp³-hybridized carbons (Fsp3) is 0.231. The Hall–Kier alpha value is -1.30. The number of hydrogen-bond acceptors (Lipinski definition) is 2. The van der Waals surface area contributed by atoms with Crippen molar-refractivity contribution in [3.63, 3.8) is 0 Å². The molecule has 0 unspecified atom stereocenters. The molecule has 2 N–H and O–H groups in total. The molecule has 0 aliphatic rings. The van der Waals surface area contributed by atoms with E-state index in [4.69, 9.17) is 35.4 Å². The molecule has 4 nitrogen and oxygen atoms in total. The number of rotatable bonds is 2. The van der Waals surface area contributed by atoms with E-state index < -0.39 is 0 Å². The number of nitrogens with one attached hydrogen (secondary N) is 2. The topological polar surface area (TPSA) is 41.9 Å². The van der Waals surface area contributed by atoms with Gasteiger partial charge in [0.05, 0.1) is 32.8 Å². The standard InChI is InChI=1S/C13H14Cl2N4S/c1-7-12(8(2)19(3)18-7)17-13(20)16-10-6-4-5-9(14)11(10)15/h4-6H,1-3H3,(H2,16,17,20). The van der Waals surface area contributed by atoms with Crippen LogP contribution >= 0.6 is 35.4 Å². The second-order valence-electron chi connectivity index (χ2n) is 4.35. The lowest BCUT2D eigenvalue weighted by atomic mass is 10.3. The third-order valence-corrected chi connectivity index (χ3v) is 3.97. The monoisotopic (exact) mass is 328 g/mol. The van der Waals surface area contributed by atoms with Gasteiger partial charge in [-0.25, -0.2) is 0 Å². The summed E-state index contributed by atoms with van der Waals surface area (Å²) in [6.07, 6.45) is 0. The van der Waals surface area contributed by atoms with E-state index in [1.165, 1.54) is 0 Å². The average molecular weight is 329 g/mol. The van der Waals surface area contributed by atoms with Gasteiger partial charge in [-0.1, -0.05) is 29.3 Å². The Bertz CT molecular complexity index is 667. The molecule has 7 heteroatoms. The van der Waals surface area contributed by atoms with Crippen molar-refractivity contribution in [2.75, 3.05) is 10.6 Å². The van der Waals surface area contributed by atoms with Gasteiger partial charge in [-0.15, -0.1) is 0 Å². The molecule has 20 heavy (non-hydrogen) atoms. The number of aromatic nitrogens is 2. The first-order valence-electron chi connectivity index (χ1n) is 5.92. The van der Waals surface area contributed by atoms with Gasteiger partial charge in [0.15, 0.2) is 5.11 Å². The molecular weight excluding hydrogens is 315 g/mol. The fourth-order valence-electron chi connectivity index (χ4n) is 1.82. The predicted molar refractivity (Wildman–Crippen MR) is 89.0 cm³/mol. The van der Waals surface area contributed by atoms with Crippen LogP contribution in [0.1, 0.15) is 11.4 Å². The van der Waals surface area contributed by atoms with E-state index >= 15 is 0 Å². The molecule has 2 rings (SSSR count). The number of hydrogen-bond donors (Lipinski definition) is 2. The zero-order chi connectivity index (χ0) is 14.9. The maximum Gasteiger partial charge on any atom is 0.175 e. The van der Waals surface area contributed by atoms with E-state index in [0.717, 1.165) is 17.1 Å². The van der Waals surface area contributed by atoms with Crippen molar-refractivity contribution in [3.8, 4) is 0 Å². The van der Waals surface area contributed by atoms with Crippen LogP contribution in [0.25, 0.3) is 0 Å². The molecule has 0 aliphatic heterocycles. The molecule has 0 radical (unpaired) electrons. The first-order valence-corrected chi connectivity index (χ1v) is 7.08. The van der Waals surface area contributed by atoms with Gasteiger partial charge in [0.1, 0.15) is 0 Å². The number of nitrogens with zero attached hydrogens (tertiary/aromatic N) is 2. The third kappa shape index (κ3) is 3.06. The summed E-state index contributed by atoms with van der Waals surface area (Å²) in [7, 11) is 1.89. The summed E-state index contributed by atoms with van der Waals surface area (Å²) in [6, 6.07) is 5.34. The first kappa shape index (κ1) is 15.1. The van der Waals surface area contributed by atoms with Gasteiger partial charge in [0, 0.05) is 7.05 Å². The molecule has 1 aromatic heterocycles. The minimum absolute atomic E-state index is 0.438. The Morgan fingerprint density at radius 1 is 1.25 bits per heavy atom. The predicted octanol–water partition coefficient (Wildman–Crippen LogP) is 4.15. The Labute approximate surface area is 133 Å². The van der Waals surface area contributed by atoms with Gasteiger partial charge in [-0.2, -0.15) is 5.10 Å². The minimum Gasteiger partial charge on any atom is -0.331 e. The normalized spacial score (nSPS) is 10.4. The lowest BCUT2D eigenvalue weighted by molar-refractivity contribution is 0.731. The van der Waals surface area contributed by atoms with E-state index in [0.29, 0.717) is 20.8 Å². The van der Waals surface area contributed by atoms with Gasteiger partial charge in [0.2, 0.25) is 0 Å². The Morgan fingerprint density at radius 2 is 1.95 bits per heavy atom. The van der Waals surface area contributed by atoms with Crippen LogP contribution in [-0.4, -0.2) is 14.9 Å². The van der Waals surface area contributed by atoms with Crippen molar-refractivity contribution in [2.45, 2.75) is 13.8 Å². The average Bonchev–Trinajstić information content (AvgIpc) is 2.62. The van der Waals surface area contributed by atoms with E-state index in [-0.39, 0.29) is 0 Å². The van der Waals surface area contributed by atoms with Crippen LogP contribution in [0.5, 0.6) is 0 Å². The zero-order valence-electron chi connectivity index (χ0n) is 11.3. The van der Waals surface area contributed by atoms with E-state index in [2.05, 4.69) is 15.7 Å². The van der Waals surface area contributed by atoms with Crippen molar-refractivity contribution in [1.82, 2.24) is 9.78 Å². The lowest BCUT2D eigenvalue weighted by Gasteiger charge is -2.12. The zero-order valence-corrected chi connectivity index (χ0v) is 13.6. The first-order chi connectivity index (χ1) is 9.40. The highest BCUT2D eigenvalue weighted by atomic mass is 35.5. The van der Waals surface area contributed by atoms with Crippen molar-refractivity contribution in [2.24, 2.45) is 7.05 Å². The summed E-state index contributed by atoms with van der Waals surface area (Å²) >= 11 is 17.4. The van der Waals surface area contributed by atoms with Gasteiger partial charge < -0.3 is 10.6 Å². The molecule has 0 saturated carbocycles. The van der Waals surface area contributed by atoms with Crippen LogP contribution in [0.3, 0.4) is 0 Å². The molecule has 1 heterocycles. The van der Waals surface area contributed by atoms with E-state index in [1.54, 1.807) is 16.8 Å². The number of aryl methyl sites for hydroxylation is 2. The van der Waals surface area contributed by atoms with Crippen LogP contribution in [0.2, 0.25) is 10.0 Å². The molecule has 0 atom stereocenters. The smallest absolute Gasteiger partial charge is 0.175 e. The Balaban J connectivity index is 2.15. The summed E-state index contributed by atoms with van der Waals surface area (Å²) in [5.74, 6) is 0. The van der Waals surface area contributed by atoms with Gasteiger partial charge in [-0.05, 0) is 38.2 Å². The number of anilines is 2. The highest BCUT2D eigenvalue weighted by molar-refractivity contribution is 7.80. The molecule has 0 fully saturated rings. The molecular formula is C13H14Cl2N4S. The Morgan fingerprint density at radius 3 is 2.55 bits per heavy atom. The second-order valence-corrected chi connectivity index (χ2v) is 5.54. The number of halogens is 2. The largest absolute Gasteiger partial charge is 0.331 e. The molecule has 0 saturated heterocycles. The summed E-state index contributed by atoms with van der Waals surface area (Å²) in [6.45, 7) is 3.89. The summed E-state index contributed by atoms with van der Waals surface area (Å²) in [5, 5.41) is 11.8. The highest BCUT2D eigenvalue weighted by Gasteiger charge is 2.11. The summed E-state index contributed by atoms with van der Waals surface area (Å²) < 4.78 is 1.80. The van der Waals surface area contributed by atoms with Crippen molar-refractivity contribution in [1.29, 1.82) is 0 Å². The quantitative estimate of drug-likeness (QED) is 0.812. The van der Waals surface area contributed by atoms with Gasteiger partial charge >= 0.3 is 0 Å². The van der Waals surface area contributed by atoms with Crippen LogP contribution in [0.15, 0.2) is 18.2 Å². The minimum atomic E-state index is 0.438. The maximum absolute atomic E-state index is 6.11. The molecule has 0 spiro atoms. The van der Waals surface area contributed by atoms with Crippen LogP contribution in [0.4, 0.5) is 11.4 Å². The summed E-state index contributed by atoms with van der Waals surface area (Å²) in [5.41, 5.74) is 3.44. The van der Waals surface area contributed by atoms with Crippen LogP contribution < -0.4 is 10.6 Å². The van der Waals surface area contributed by atoms with Crippen molar-refractivity contribution in [3.05, 3.63) is 39.6 Å². The molecule has 0 amide bonds. The van der Waals surface area contributed by atoms with Crippen molar-refractivity contribution >= 4 is 51.9 Å². The number of thiocarbonyl (C=S) groups is 1. The lowest BCUT2D eigenvalue weighted by Crippen LogP contribution is -2.20. The Kier molecular flexibility index (Phi) is 4.52. The fourth-order valence-corrected chi connectivity index (χ4v) is 2.38. The van der Waals surface area contributed by atoms with E-state index in [1.807, 2.05) is 27.0 Å². The molecule has 106 valence electrons. The second kappa shape index (κ2) is 5.99. The van der Waals surface area contributed by atoms with Gasteiger partial charge in [-0.3, -0.25) is 4.68 Å².